The Morgan fingerprint density at radius 1 is 1.28 bits per heavy atom. The summed E-state index contributed by atoms with van der Waals surface area (Å²) >= 11 is 8.87. The lowest BCUT2D eigenvalue weighted by Crippen LogP contribution is -2.62. The van der Waals surface area contributed by atoms with Gasteiger partial charge < -0.3 is 9.84 Å². The van der Waals surface area contributed by atoms with E-state index < -0.39 is 16.8 Å². The third-order valence-corrected chi connectivity index (χ3v) is 8.65. The molecule has 9 atom stereocenters. The van der Waals surface area contributed by atoms with Gasteiger partial charge in [0.25, 0.3) is 0 Å². The van der Waals surface area contributed by atoms with E-state index in [9.17, 15) is 5.11 Å². The molecule has 2 aliphatic carbocycles. The van der Waals surface area contributed by atoms with Crippen LogP contribution in [-0.2, 0) is 15.9 Å². The Morgan fingerprint density at radius 3 is 2.55 bits per heavy atom. The molecule has 0 saturated heterocycles. The minimum Gasteiger partial charge on any atom is -0.384 e. The van der Waals surface area contributed by atoms with Gasteiger partial charge in [-0.2, -0.15) is 0 Å². The summed E-state index contributed by atoms with van der Waals surface area (Å²) in [6.07, 6.45) is 9.11. The van der Waals surface area contributed by atoms with E-state index >= 15 is 0 Å². The second-order valence-electron chi connectivity index (χ2n) is 9.61. The average Bonchev–Trinajstić information content (AvgIpc) is 2.62. The van der Waals surface area contributed by atoms with Crippen molar-refractivity contribution in [2.45, 2.75) is 75.3 Å². The Balaban J connectivity index is 2.12. The summed E-state index contributed by atoms with van der Waals surface area (Å²) in [6.45, 7) is 10.3. The van der Waals surface area contributed by atoms with Crippen LogP contribution >= 0.6 is 23.0 Å². The molecular formula is C22H33ClN2O2S2. The normalized spacial score (nSPS) is 48.6. The summed E-state index contributed by atoms with van der Waals surface area (Å²) < 4.78 is 14.8. The highest BCUT2D eigenvalue weighted by atomic mass is 35.5. The van der Waals surface area contributed by atoms with E-state index in [1.807, 2.05) is 26.8 Å². The van der Waals surface area contributed by atoms with Gasteiger partial charge in [-0.3, -0.25) is 0 Å². The highest BCUT2D eigenvalue weighted by molar-refractivity contribution is 7.86. The van der Waals surface area contributed by atoms with Crippen molar-refractivity contribution in [3.8, 4) is 5.69 Å². The highest BCUT2D eigenvalue weighted by Crippen LogP contribution is 2.54. The zero-order valence-corrected chi connectivity index (χ0v) is 20.2. The zero-order valence-electron chi connectivity index (χ0n) is 17.8. The fourth-order valence-corrected chi connectivity index (χ4v) is 6.66. The summed E-state index contributed by atoms with van der Waals surface area (Å²) in [6, 6.07) is -0.0488. The Labute approximate surface area is 187 Å². The number of nitrogens with one attached hydrogen (secondary N) is 1. The SMILES string of the molecule is C#SN[C@@H]1C[C@@H]([C@]2(C)C=C[C@@H](Cl)C(C)(C)O2)[C@H]2[C@@H](C=C[C@](C)(O)[C@H]2N=S=C)[C@H]1C. The van der Waals surface area contributed by atoms with Crippen molar-refractivity contribution in [3.63, 3.8) is 0 Å². The molecule has 1 heterocycles. The van der Waals surface area contributed by atoms with Crippen LogP contribution in [0.15, 0.2) is 28.7 Å². The van der Waals surface area contributed by atoms with Crippen LogP contribution in [0.4, 0.5) is 0 Å². The summed E-state index contributed by atoms with van der Waals surface area (Å²) in [4.78, 5) is 0. The first-order valence-electron chi connectivity index (χ1n) is 10.1. The van der Waals surface area contributed by atoms with Crippen molar-refractivity contribution in [1.29, 1.82) is 0 Å². The molecule has 0 unspecified atom stereocenters. The number of aliphatic hydroxyl groups is 1. The number of ether oxygens (including phenoxy) is 1. The smallest absolute Gasteiger partial charge is 0.104 e. The maximum atomic E-state index is 11.2. The minimum absolute atomic E-state index is 0.109. The number of rotatable bonds is 3. The van der Waals surface area contributed by atoms with Gasteiger partial charge in [0.05, 0.1) is 22.6 Å². The van der Waals surface area contributed by atoms with E-state index in [1.54, 1.807) is 0 Å². The molecule has 162 valence electrons. The topological polar surface area (TPSA) is 53.8 Å². The molecule has 0 spiro atoms. The monoisotopic (exact) mass is 456 g/mol. The number of halogens is 1. The second-order valence-corrected chi connectivity index (χ2v) is 11.0. The Morgan fingerprint density at radius 2 is 1.97 bits per heavy atom. The molecule has 1 aliphatic heterocycles. The van der Waals surface area contributed by atoms with Gasteiger partial charge in [-0.1, -0.05) is 59.4 Å². The van der Waals surface area contributed by atoms with E-state index in [0.29, 0.717) is 5.92 Å². The zero-order chi connectivity index (χ0) is 21.6. The maximum Gasteiger partial charge on any atom is 0.104 e. The van der Waals surface area contributed by atoms with E-state index in [4.69, 9.17) is 26.4 Å². The average molecular weight is 457 g/mol. The van der Waals surface area contributed by atoms with Crippen LogP contribution in [0.2, 0.25) is 0 Å². The quantitative estimate of drug-likeness (QED) is 0.290. The molecular weight excluding hydrogens is 424 g/mol. The van der Waals surface area contributed by atoms with Gasteiger partial charge in [0.1, 0.15) is 5.60 Å². The van der Waals surface area contributed by atoms with Gasteiger partial charge >= 0.3 is 0 Å². The number of hydrogen-bond acceptors (Lipinski definition) is 4. The van der Waals surface area contributed by atoms with E-state index in [0.717, 1.165) is 6.42 Å². The minimum atomic E-state index is -1.02. The number of fused-ring (bicyclic) bond motifs is 1. The molecule has 3 rings (SSSR count). The molecule has 4 nitrogen and oxygen atoms in total. The van der Waals surface area contributed by atoms with Crippen molar-refractivity contribution < 1.29 is 9.84 Å². The maximum absolute atomic E-state index is 11.2. The van der Waals surface area contributed by atoms with Crippen molar-refractivity contribution in [2.24, 2.45) is 28.0 Å². The molecule has 0 aromatic heterocycles. The predicted octanol–water partition coefficient (Wildman–Crippen LogP) is 4.19. The third-order valence-electron chi connectivity index (χ3n) is 7.16. The number of alkyl halides is 1. The van der Waals surface area contributed by atoms with Gasteiger partial charge in [-0.25, -0.2) is 9.08 Å². The van der Waals surface area contributed by atoms with Gasteiger partial charge in [-0.05, 0) is 63.7 Å². The van der Waals surface area contributed by atoms with E-state index in [2.05, 4.69) is 42.7 Å². The van der Waals surface area contributed by atoms with Crippen molar-refractivity contribution in [2.75, 3.05) is 0 Å². The van der Waals surface area contributed by atoms with Crippen LogP contribution in [0.25, 0.3) is 0 Å². The molecule has 0 amide bonds. The first kappa shape index (κ1) is 23.2. The molecule has 0 radical (unpaired) electrons. The Bertz CT molecular complexity index is 799. The first-order valence-corrected chi connectivity index (χ1v) is 12.4. The first-order chi connectivity index (χ1) is 13.5. The van der Waals surface area contributed by atoms with Crippen molar-refractivity contribution >= 4 is 40.0 Å². The molecule has 2 N–H and O–H groups in total. The van der Waals surface area contributed by atoms with Crippen LogP contribution in [0.5, 0.6) is 0 Å². The molecule has 7 heteroatoms. The summed E-state index contributed by atoms with van der Waals surface area (Å²) in [7, 11) is 0. The molecule has 1 saturated carbocycles. The lowest BCUT2D eigenvalue weighted by Gasteiger charge is -2.57. The molecule has 0 aromatic rings. The van der Waals surface area contributed by atoms with E-state index in [1.165, 1.54) is 22.5 Å². The fourth-order valence-electron chi connectivity index (χ4n) is 5.54. The predicted molar refractivity (Wildman–Crippen MR) is 127 cm³/mol. The van der Waals surface area contributed by atoms with Crippen LogP contribution in [0.1, 0.15) is 41.0 Å². The second kappa shape index (κ2) is 8.23. The largest absolute Gasteiger partial charge is 0.384 e. The third kappa shape index (κ3) is 4.18. The van der Waals surface area contributed by atoms with Gasteiger partial charge in [0.2, 0.25) is 0 Å². The Kier molecular flexibility index (Phi) is 6.59. The van der Waals surface area contributed by atoms with Crippen LogP contribution in [-0.4, -0.2) is 45.2 Å². The van der Waals surface area contributed by atoms with Crippen LogP contribution in [0.3, 0.4) is 0 Å². The number of hydrogen-bond donors (Lipinski definition) is 2. The molecule has 0 aromatic carbocycles. The summed E-state index contributed by atoms with van der Waals surface area (Å²) in [5.74, 6) is 4.66. The lowest BCUT2D eigenvalue weighted by molar-refractivity contribution is -0.169. The fraction of sp³-hybridized carbons (Fsp3) is 0.727. The van der Waals surface area contributed by atoms with Crippen LogP contribution in [0, 0.1) is 29.4 Å². The summed E-state index contributed by atoms with van der Waals surface area (Å²) in [5.41, 5.74) is 3.74. The van der Waals surface area contributed by atoms with Crippen molar-refractivity contribution in [1.82, 2.24) is 4.72 Å². The van der Waals surface area contributed by atoms with Gasteiger partial charge in [0, 0.05) is 6.04 Å². The lowest BCUT2D eigenvalue weighted by atomic mass is 9.54. The van der Waals surface area contributed by atoms with Crippen molar-refractivity contribution in [3.05, 3.63) is 24.3 Å². The molecule has 0 bridgehead atoms. The van der Waals surface area contributed by atoms with Gasteiger partial charge in [-0.15, -0.1) is 11.6 Å². The number of nitrogens with zero attached hydrogens (tertiary/aromatic N) is 1. The molecule has 3 aliphatic rings. The standard InChI is InChI=1S/C22H33ClN2O2S2/c1-13-14-8-10-21(4,26)19(25-29-7)18(14)15(12-16(13)24-28-6)22(5)11-9-17(23)20(2,3)27-22/h6,8-11,13-19,24,26H,7,12H2,1-5H3/t13-,14+,15-,16-,17-,18-,19+,21+,22+/m1/s1. The number of allylic oxidation sites excluding steroid dienone is 1. The van der Waals surface area contributed by atoms with Gasteiger partial charge in [0.15, 0.2) is 0 Å². The highest BCUT2D eigenvalue weighted by Gasteiger charge is 2.57. The molecule has 29 heavy (non-hydrogen) atoms. The molecule has 1 fully saturated rings. The van der Waals surface area contributed by atoms with E-state index in [-0.39, 0.29) is 35.2 Å². The summed E-state index contributed by atoms with van der Waals surface area (Å²) in [5, 5.41) is 11.0. The Hall–Kier alpha value is -0.460. The van der Waals surface area contributed by atoms with Crippen LogP contribution < -0.4 is 4.72 Å².